The van der Waals surface area contributed by atoms with Gasteiger partial charge in [-0.1, -0.05) is 127 Å². The molecular formula is C43H27N3. The predicted molar refractivity (Wildman–Crippen MR) is 191 cm³/mol. The van der Waals surface area contributed by atoms with Gasteiger partial charge in [-0.05, 0) is 36.4 Å². The van der Waals surface area contributed by atoms with E-state index in [0.29, 0.717) is 5.56 Å². The van der Waals surface area contributed by atoms with E-state index < -0.39 is 0 Å². The quantitative estimate of drug-likeness (QED) is 0.202. The molecule has 0 bridgehead atoms. The molecule has 46 heavy (non-hydrogen) atoms. The van der Waals surface area contributed by atoms with Gasteiger partial charge in [0.05, 0.1) is 45.1 Å². The van der Waals surface area contributed by atoms with E-state index in [1.165, 1.54) is 32.6 Å². The molecule has 3 heteroatoms. The van der Waals surface area contributed by atoms with Gasteiger partial charge in [-0.3, -0.25) is 0 Å². The fourth-order valence-electron chi connectivity index (χ4n) is 7.28. The predicted octanol–water partition coefficient (Wildman–Crippen LogP) is 11.1. The largest absolute Gasteiger partial charge is 0.309 e. The van der Waals surface area contributed by atoms with Gasteiger partial charge in [0.2, 0.25) is 0 Å². The average molecular weight is 586 g/mol. The van der Waals surface area contributed by atoms with Gasteiger partial charge >= 0.3 is 0 Å². The molecule has 2 aromatic heterocycles. The molecule has 0 unspecified atom stereocenters. The number of para-hydroxylation sites is 6. The number of hydrogen-bond acceptors (Lipinski definition) is 1. The molecule has 0 atom stereocenters. The molecule has 0 aliphatic carbocycles. The van der Waals surface area contributed by atoms with Crippen molar-refractivity contribution in [1.82, 2.24) is 9.13 Å². The lowest BCUT2D eigenvalue weighted by Crippen LogP contribution is -2.03. The van der Waals surface area contributed by atoms with Crippen molar-refractivity contribution in [2.45, 2.75) is 0 Å². The maximum absolute atomic E-state index is 10.2. The fourth-order valence-corrected chi connectivity index (χ4v) is 7.28. The SMILES string of the molecule is N#Cc1ccccc1-c1cccc(-c2ccccc2-n2c3ccccc3c3ccccc32)c1-n1c2ccccc2c2ccccc21. The second-order valence-electron chi connectivity index (χ2n) is 11.6. The lowest BCUT2D eigenvalue weighted by Gasteiger charge is -2.22. The maximum atomic E-state index is 10.2. The first-order valence-corrected chi connectivity index (χ1v) is 15.5. The minimum absolute atomic E-state index is 0.650. The van der Waals surface area contributed by atoms with Crippen molar-refractivity contribution in [3.05, 3.63) is 169 Å². The molecule has 9 aromatic rings. The average Bonchev–Trinajstić information content (AvgIpc) is 3.64. The van der Waals surface area contributed by atoms with Crippen LogP contribution in [0, 0.1) is 11.3 Å². The van der Waals surface area contributed by atoms with Crippen molar-refractivity contribution < 1.29 is 0 Å². The van der Waals surface area contributed by atoms with Crippen LogP contribution in [0.25, 0.3) is 77.2 Å². The Balaban J connectivity index is 1.45. The summed E-state index contributed by atoms with van der Waals surface area (Å²) >= 11 is 0. The number of fused-ring (bicyclic) bond motifs is 6. The van der Waals surface area contributed by atoms with Gasteiger partial charge in [0.25, 0.3) is 0 Å². The standard InChI is InChI=1S/C43H27N3/c44-28-29-14-1-2-15-30(29)36-21-13-22-37(43(36)46-41-26-11-5-18-33(41)34-19-6-12-27-42(34)46)35-20-7-10-25-40(35)45-38-23-8-3-16-31(38)32-17-4-9-24-39(32)45/h1-27H. The van der Waals surface area contributed by atoms with Crippen LogP contribution in [0.1, 0.15) is 5.56 Å². The molecule has 0 aliphatic rings. The zero-order chi connectivity index (χ0) is 30.6. The Morgan fingerprint density at radius 3 is 1.28 bits per heavy atom. The Kier molecular flexibility index (Phi) is 5.88. The van der Waals surface area contributed by atoms with E-state index >= 15 is 0 Å². The molecule has 7 aromatic carbocycles. The van der Waals surface area contributed by atoms with Crippen LogP contribution < -0.4 is 0 Å². The molecule has 3 nitrogen and oxygen atoms in total. The zero-order valence-corrected chi connectivity index (χ0v) is 24.9. The molecule has 0 saturated carbocycles. The van der Waals surface area contributed by atoms with Gasteiger partial charge < -0.3 is 9.13 Å². The van der Waals surface area contributed by atoms with E-state index in [-0.39, 0.29) is 0 Å². The summed E-state index contributed by atoms with van der Waals surface area (Å²) in [6.07, 6.45) is 0. The Morgan fingerprint density at radius 2 is 0.739 bits per heavy atom. The van der Waals surface area contributed by atoms with Gasteiger partial charge in [-0.15, -0.1) is 0 Å². The first kappa shape index (κ1) is 26.1. The zero-order valence-electron chi connectivity index (χ0n) is 24.9. The summed E-state index contributed by atoms with van der Waals surface area (Å²) in [5.74, 6) is 0. The summed E-state index contributed by atoms with van der Waals surface area (Å²) in [6, 6.07) is 60.1. The van der Waals surface area contributed by atoms with Crippen molar-refractivity contribution in [2.75, 3.05) is 0 Å². The van der Waals surface area contributed by atoms with E-state index in [1.54, 1.807) is 0 Å². The molecule has 2 heterocycles. The van der Waals surface area contributed by atoms with E-state index in [2.05, 4.69) is 161 Å². The Hall–Kier alpha value is -6.37. The number of benzene rings is 7. The smallest absolute Gasteiger partial charge is 0.0998 e. The summed E-state index contributed by atoms with van der Waals surface area (Å²) in [4.78, 5) is 0. The number of nitrogens with zero attached hydrogens (tertiary/aromatic N) is 3. The summed E-state index contributed by atoms with van der Waals surface area (Å²) < 4.78 is 4.79. The molecule has 214 valence electrons. The first-order valence-electron chi connectivity index (χ1n) is 15.5. The maximum Gasteiger partial charge on any atom is 0.0998 e. The van der Waals surface area contributed by atoms with Gasteiger partial charge in [-0.25, -0.2) is 0 Å². The molecule has 0 radical (unpaired) electrons. The molecular weight excluding hydrogens is 558 g/mol. The summed E-state index contributed by atoms with van der Waals surface area (Å²) in [7, 11) is 0. The molecule has 0 fully saturated rings. The van der Waals surface area contributed by atoms with Crippen LogP contribution in [0.15, 0.2) is 164 Å². The molecule has 0 saturated heterocycles. The highest BCUT2D eigenvalue weighted by Crippen LogP contribution is 2.44. The van der Waals surface area contributed by atoms with Gasteiger partial charge in [-0.2, -0.15) is 5.26 Å². The van der Waals surface area contributed by atoms with Crippen LogP contribution in [0.5, 0.6) is 0 Å². The topological polar surface area (TPSA) is 33.6 Å². The third-order valence-corrected chi connectivity index (χ3v) is 9.19. The van der Waals surface area contributed by atoms with Crippen molar-refractivity contribution in [1.29, 1.82) is 5.26 Å². The minimum atomic E-state index is 0.650. The van der Waals surface area contributed by atoms with Gasteiger partial charge in [0.15, 0.2) is 0 Å². The van der Waals surface area contributed by atoms with Crippen LogP contribution in [0.2, 0.25) is 0 Å². The molecule has 0 spiro atoms. The summed E-state index contributed by atoms with van der Waals surface area (Å²) in [5, 5.41) is 15.1. The van der Waals surface area contributed by atoms with Gasteiger partial charge in [0, 0.05) is 43.8 Å². The van der Waals surface area contributed by atoms with Crippen molar-refractivity contribution in [2.24, 2.45) is 0 Å². The monoisotopic (exact) mass is 585 g/mol. The molecule has 9 rings (SSSR count). The van der Waals surface area contributed by atoms with Crippen LogP contribution in [0.4, 0.5) is 0 Å². The van der Waals surface area contributed by atoms with Gasteiger partial charge in [0.1, 0.15) is 0 Å². The van der Waals surface area contributed by atoms with E-state index in [4.69, 9.17) is 0 Å². The Morgan fingerprint density at radius 1 is 0.348 bits per heavy atom. The highest BCUT2D eigenvalue weighted by Gasteiger charge is 2.23. The second kappa shape index (κ2) is 10.4. The van der Waals surface area contributed by atoms with E-state index in [1.807, 2.05) is 18.2 Å². The third kappa shape index (κ3) is 3.78. The molecule has 0 N–H and O–H groups in total. The van der Waals surface area contributed by atoms with Crippen LogP contribution >= 0.6 is 0 Å². The van der Waals surface area contributed by atoms with Crippen LogP contribution in [0.3, 0.4) is 0 Å². The molecule has 0 amide bonds. The molecule has 0 aliphatic heterocycles. The second-order valence-corrected chi connectivity index (χ2v) is 11.6. The van der Waals surface area contributed by atoms with E-state index in [9.17, 15) is 5.26 Å². The lowest BCUT2D eigenvalue weighted by molar-refractivity contribution is 1.16. The lowest BCUT2D eigenvalue weighted by atomic mass is 9.92. The first-order chi connectivity index (χ1) is 22.8. The van der Waals surface area contributed by atoms with Crippen LogP contribution in [-0.4, -0.2) is 9.13 Å². The summed E-state index contributed by atoms with van der Waals surface area (Å²) in [5.41, 5.74) is 11.5. The normalized spacial score (nSPS) is 11.5. The number of rotatable bonds is 4. The fraction of sp³-hybridized carbons (Fsp3) is 0. The number of nitriles is 1. The highest BCUT2D eigenvalue weighted by molar-refractivity contribution is 6.12. The Bertz CT molecular complexity index is 2560. The summed E-state index contributed by atoms with van der Waals surface area (Å²) in [6.45, 7) is 0. The number of aromatic nitrogens is 2. The highest BCUT2D eigenvalue weighted by atomic mass is 15.0. The minimum Gasteiger partial charge on any atom is -0.309 e. The third-order valence-electron chi connectivity index (χ3n) is 9.19. The van der Waals surface area contributed by atoms with Crippen molar-refractivity contribution in [3.63, 3.8) is 0 Å². The Labute approximate surface area is 266 Å². The number of hydrogen-bond donors (Lipinski definition) is 0. The van der Waals surface area contributed by atoms with Crippen molar-refractivity contribution in [3.8, 4) is 39.7 Å². The van der Waals surface area contributed by atoms with Crippen LogP contribution in [-0.2, 0) is 0 Å². The van der Waals surface area contributed by atoms with E-state index in [0.717, 1.165) is 44.7 Å². The van der Waals surface area contributed by atoms with Crippen molar-refractivity contribution >= 4 is 43.6 Å².